The molecule has 0 saturated carbocycles. The zero-order chi connectivity index (χ0) is 29.1. The summed E-state index contributed by atoms with van der Waals surface area (Å²) >= 11 is 0. The van der Waals surface area contributed by atoms with Crippen LogP contribution in [0.2, 0.25) is 0 Å². The minimum atomic E-state index is 0.552. The Hall–Kier alpha value is -1.44. The Bertz CT molecular complexity index is 699. The third-order valence-electron chi connectivity index (χ3n) is 9.26. The Balaban J connectivity index is 1.53. The molecule has 0 bridgehead atoms. The van der Waals surface area contributed by atoms with E-state index in [1.807, 2.05) is 0 Å². The summed E-state index contributed by atoms with van der Waals surface area (Å²) in [6.07, 6.45) is 42.4. The third-order valence-corrected chi connectivity index (χ3v) is 9.26. The Morgan fingerprint density at radius 2 is 0.829 bits per heavy atom. The van der Waals surface area contributed by atoms with Crippen molar-refractivity contribution in [2.75, 3.05) is 6.54 Å². The Kier molecular flexibility index (Phi) is 22.9. The van der Waals surface area contributed by atoms with E-state index in [1.165, 1.54) is 179 Å². The molecule has 0 radical (unpaired) electrons. The highest BCUT2D eigenvalue weighted by Crippen LogP contribution is 2.25. The molecule has 1 aliphatic heterocycles. The van der Waals surface area contributed by atoms with Crippen molar-refractivity contribution in [3.05, 3.63) is 48.3 Å². The van der Waals surface area contributed by atoms with Gasteiger partial charge in [-0.2, -0.15) is 0 Å². The van der Waals surface area contributed by atoms with Crippen LogP contribution in [0.5, 0.6) is 0 Å². The van der Waals surface area contributed by atoms with E-state index >= 15 is 0 Å². The first-order chi connectivity index (χ1) is 20.3. The van der Waals surface area contributed by atoms with Crippen molar-refractivity contribution in [3.63, 3.8) is 0 Å². The lowest BCUT2D eigenvalue weighted by Crippen LogP contribution is -2.38. The highest BCUT2D eigenvalue weighted by atomic mass is 15.4. The van der Waals surface area contributed by atoms with Crippen molar-refractivity contribution < 1.29 is 0 Å². The van der Waals surface area contributed by atoms with Gasteiger partial charge in [0.15, 0.2) is 0 Å². The van der Waals surface area contributed by atoms with Crippen LogP contribution in [0.25, 0.3) is 0 Å². The molecule has 0 amide bonds. The number of rotatable bonds is 29. The predicted molar refractivity (Wildman–Crippen MR) is 183 cm³/mol. The normalized spacial score (nSPS) is 14.9. The van der Waals surface area contributed by atoms with Crippen molar-refractivity contribution in [2.45, 2.75) is 193 Å². The van der Waals surface area contributed by atoms with E-state index in [-0.39, 0.29) is 0 Å². The number of benzene rings is 1. The number of nitrogens with zero attached hydrogens (tertiary/aromatic N) is 2. The van der Waals surface area contributed by atoms with Gasteiger partial charge in [-0.05, 0) is 24.8 Å². The molecular weight excluding hydrogens is 496 g/mol. The maximum atomic E-state index is 2.66. The molecule has 1 aromatic carbocycles. The molecule has 0 fully saturated rings. The van der Waals surface area contributed by atoms with Gasteiger partial charge in [0.25, 0.3) is 0 Å². The second kappa shape index (κ2) is 26.2. The number of hydrogen-bond acceptors (Lipinski definition) is 2. The molecule has 0 aliphatic carbocycles. The van der Waals surface area contributed by atoms with Crippen LogP contribution in [0.1, 0.15) is 186 Å². The summed E-state index contributed by atoms with van der Waals surface area (Å²) in [5.41, 5.74) is 1.43. The van der Waals surface area contributed by atoms with E-state index in [0.29, 0.717) is 6.17 Å². The van der Waals surface area contributed by atoms with Gasteiger partial charge in [0, 0.05) is 25.5 Å². The first-order valence-corrected chi connectivity index (χ1v) is 18.6. The number of hydrogen-bond donors (Lipinski definition) is 0. The van der Waals surface area contributed by atoms with Gasteiger partial charge in [-0.25, -0.2) is 0 Å². The maximum absolute atomic E-state index is 2.66. The second-order valence-corrected chi connectivity index (χ2v) is 13.1. The van der Waals surface area contributed by atoms with Crippen molar-refractivity contribution in [3.8, 4) is 0 Å². The SMILES string of the molecule is CCCCCCCCCCCCCCCCCCN1C=CN(Cc2ccccc2)C1CCCCCCCCCCC. The molecule has 1 heterocycles. The summed E-state index contributed by atoms with van der Waals surface area (Å²) < 4.78 is 0. The largest absolute Gasteiger partial charge is 0.356 e. The summed E-state index contributed by atoms with van der Waals surface area (Å²) in [6, 6.07) is 11.0. The third kappa shape index (κ3) is 18.7. The Labute approximate surface area is 257 Å². The maximum Gasteiger partial charge on any atom is 0.101 e. The highest BCUT2D eigenvalue weighted by molar-refractivity contribution is 5.16. The molecule has 1 unspecified atom stereocenters. The summed E-state index contributed by atoms with van der Waals surface area (Å²) in [6.45, 7) is 6.88. The minimum absolute atomic E-state index is 0.552. The van der Waals surface area contributed by atoms with Gasteiger partial charge in [0.05, 0.1) is 0 Å². The zero-order valence-corrected chi connectivity index (χ0v) is 27.8. The van der Waals surface area contributed by atoms with Crippen LogP contribution < -0.4 is 0 Å². The summed E-state index contributed by atoms with van der Waals surface area (Å²) in [5, 5.41) is 0. The molecule has 41 heavy (non-hydrogen) atoms. The fourth-order valence-electron chi connectivity index (χ4n) is 6.55. The van der Waals surface area contributed by atoms with E-state index in [1.54, 1.807) is 0 Å². The average Bonchev–Trinajstić information content (AvgIpc) is 3.37. The second-order valence-electron chi connectivity index (χ2n) is 13.1. The zero-order valence-electron chi connectivity index (χ0n) is 27.8. The van der Waals surface area contributed by atoms with Gasteiger partial charge in [-0.3, -0.25) is 0 Å². The fraction of sp³-hybridized carbons (Fsp3) is 0.795. The molecule has 1 aliphatic rings. The highest BCUT2D eigenvalue weighted by Gasteiger charge is 2.25. The van der Waals surface area contributed by atoms with Crippen LogP contribution in [0, 0.1) is 0 Å². The quantitative estimate of drug-likeness (QED) is 0.0890. The van der Waals surface area contributed by atoms with E-state index < -0.39 is 0 Å². The Morgan fingerprint density at radius 3 is 1.29 bits per heavy atom. The molecule has 2 heteroatoms. The first kappa shape index (κ1) is 35.8. The van der Waals surface area contributed by atoms with Gasteiger partial charge < -0.3 is 9.80 Å². The molecule has 1 aromatic rings. The van der Waals surface area contributed by atoms with Gasteiger partial charge in [0.2, 0.25) is 0 Å². The van der Waals surface area contributed by atoms with E-state index in [2.05, 4.69) is 66.4 Å². The lowest BCUT2D eigenvalue weighted by molar-refractivity contribution is 0.132. The molecule has 236 valence electrons. The minimum Gasteiger partial charge on any atom is -0.356 e. The molecule has 0 spiro atoms. The molecule has 2 rings (SSSR count). The standard InChI is InChI=1S/C39H70N2/c1-3-5-7-9-11-13-14-15-16-17-18-19-21-23-25-30-34-40-35-36-41(37-38-31-27-26-28-32-38)39(40)33-29-24-22-20-12-10-8-6-4-2/h26-28,31-32,35-36,39H,3-25,29-30,33-34,37H2,1-2H3. The van der Waals surface area contributed by atoms with Crippen molar-refractivity contribution in [1.82, 2.24) is 9.80 Å². The summed E-state index contributed by atoms with van der Waals surface area (Å²) in [5.74, 6) is 0. The molecular formula is C39H70N2. The summed E-state index contributed by atoms with van der Waals surface area (Å²) in [7, 11) is 0. The molecule has 1 atom stereocenters. The van der Waals surface area contributed by atoms with Crippen LogP contribution in [-0.2, 0) is 6.54 Å². The number of unbranched alkanes of at least 4 members (excludes halogenated alkanes) is 23. The lowest BCUT2D eigenvalue weighted by Gasteiger charge is -2.33. The molecule has 0 N–H and O–H groups in total. The van der Waals surface area contributed by atoms with Crippen LogP contribution in [0.4, 0.5) is 0 Å². The van der Waals surface area contributed by atoms with E-state index in [0.717, 1.165) is 6.54 Å². The van der Waals surface area contributed by atoms with Gasteiger partial charge in [0.1, 0.15) is 6.17 Å². The van der Waals surface area contributed by atoms with E-state index in [9.17, 15) is 0 Å². The fourth-order valence-corrected chi connectivity index (χ4v) is 6.55. The molecule has 2 nitrogen and oxygen atoms in total. The van der Waals surface area contributed by atoms with Crippen LogP contribution in [-0.4, -0.2) is 22.5 Å². The van der Waals surface area contributed by atoms with Gasteiger partial charge >= 0.3 is 0 Å². The lowest BCUT2D eigenvalue weighted by atomic mass is 10.0. The monoisotopic (exact) mass is 567 g/mol. The van der Waals surface area contributed by atoms with Crippen LogP contribution in [0.15, 0.2) is 42.7 Å². The predicted octanol–water partition coefficient (Wildman–Crippen LogP) is 12.8. The van der Waals surface area contributed by atoms with Gasteiger partial charge in [-0.1, -0.05) is 192 Å². The molecule has 0 saturated heterocycles. The molecule has 0 aromatic heterocycles. The Morgan fingerprint density at radius 1 is 0.439 bits per heavy atom. The first-order valence-electron chi connectivity index (χ1n) is 18.6. The average molecular weight is 567 g/mol. The van der Waals surface area contributed by atoms with Gasteiger partial charge in [-0.15, -0.1) is 0 Å². The summed E-state index contributed by atoms with van der Waals surface area (Å²) in [4.78, 5) is 5.27. The van der Waals surface area contributed by atoms with Crippen LogP contribution in [0.3, 0.4) is 0 Å². The topological polar surface area (TPSA) is 6.48 Å². The smallest absolute Gasteiger partial charge is 0.101 e. The van der Waals surface area contributed by atoms with Crippen LogP contribution >= 0.6 is 0 Å². The van der Waals surface area contributed by atoms with Crippen molar-refractivity contribution >= 4 is 0 Å². The van der Waals surface area contributed by atoms with Crippen molar-refractivity contribution in [1.29, 1.82) is 0 Å². The van der Waals surface area contributed by atoms with Crippen molar-refractivity contribution in [2.24, 2.45) is 0 Å². The van der Waals surface area contributed by atoms with E-state index in [4.69, 9.17) is 0 Å².